The van der Waals surface area contributed by atoms with Crippen LogP contribution in [0.25, 0.3) is 11.3 Å². The minimum absolute atomic E-state index is 0.0357. The van der Waals surface area contributed by atoms with Gasteiger partial charge in [-0.15, -0.1) is 0 Å². The van der Waals surface area contributed by atoms with Crippen LogP contribution in [0.2, 0.25) is 0 Å². The minimum Gasteiger partial charge on any atom is -0.496 e. The summed E-state index contributed by atoms with van der Waals surface area (Å²) in [4.78, 5) is 26.1. The number of methoxy groups -OCH3 is 2. The molecule has 8 nitrogen and oxygen atoms in total. The van der Waals surface area contributed by atoms with Crippen LogP contribution in [0.5, 0.6) is 11.5 Å². The Bertz CT molecular complexity index is 1130. The van der Waals surface area contributed by atoms with E-state index in [1.54, 1.807) is 14.2 Å². The summed E-state index contributed by atoms with van der Waals surface area (Å²) in [5.41, 5.74) is 3.27. The van der Waals surface area contributed by atoms with Gasteiger partial charge in [0.2, 0.25) is 5.91 Å². The van der Waals surface area contributed by atoms with Crippen molar-refractivity contribution < 1.29 is 19.1 Å². The smallest absolute Gasteiger partial charge is 0.245 e. The zero-order valence-electron chi connectivity index (χ0n) is 20.8. The number of nitrogens with one attached hydrogen (secondary N) is 1. The second-order valence-corrected chi connectivity index (χ2v) is 10.2. The van der Waals surface area contributed by atoms with Crippen molar-refractivity contribution in [1.29, 1.82) is 0 Å². The van der Waals surface area contributed by atoms with Crippen molar-refractivity contribution in [3.05, 3.63) is 35.9 Å². The third-order valence-corrected chi connectivity index (χ3v) is 8.38. The van der Waals surface area contributed by atoms with E-state index in [-0.39, 0.29) is 11.9 Å². The molecule has 3 aliphatic rings. The fraction of sp³-hybridized carbons (Fsp3) is 0.519. The average molecular weight is 479 g/mol. The first-order valence-corrected chi connectivity index (χ1v) is 12.4. The molecule has 1 N–H and O–H groups in total. The Morgan fingerprint density at radius 3 is 2.43 bits per heavy atom. The number of hydrogen-bond acceptors (Lipinski definition) is 6. The molecule has 2 aromatic rings. The highest BCUT2D eigenvalue weighted by atomic mass is 16.5. The third-order valence-electron chi connectivity index (χ3n) is 8.38. The van der Waals surface area contributed by atoms with E-state index in [9.17, 15) is 9.59 Å². The molecule has 3 heterocycles. The van der Waals surface area contributed by atoms with E-state index in [4.69, 9.17) is 14.6 Å². The zero-order valence-corrected chi connectivity index (χ0v) is 20.8. The molecule has 186 valence electrons. The minimum atomic E-state index is 0.0357. The van der Waals surface area contributed by atoms with Crippen LogP contribution in [0.1, 0.15) is 54.1 Å². The van der Waals surface area contributed by atoms with Crippen LogP contribution in [0.15, 0.2) is 24.8 Å². The normalized spacial score (nSPS) is 21.0. The summed E-state index contributed by atoms with van der Waals surface area (Å²) in [6.07, 6.45) is 7.68. The van der Waals surface area contributed by atoms with Crippen molar-refractivity contribution >= 4 is 18.0 Å². The van der Waals surface area contributed by atoms with Gasteiger partial charge in [-0.2, -0.15) is 5.10 Å². The molecule has 2 fully saturated rings. The number of fused-ring (bicyclic) bond motifs is 1. The molecule has 1 atom stereocenters. The summed E-state index contributed by atoms with van der Waals surface area (Å²) >= 11 is 0. The first-order chi connectivity index (χ1) is 16.9. The van der Waals surface area contributed by atoms with Crippen molar-refractivity contribution in [2.75, 3.05) is 39.2 Å². The Morgan fingerprint density at radius 2 is 1.86 bits per heavy atom. The number of aldehydes is 1. The van der Waals surface area contributed by atoms with Gasteiger partial charge in [-0.3, -0.25) is 9.59 Å². The molecule has 2 aliphatic heterocycles. The van der Waals surface area contributed by atoms with Crippen LogP contribution in [0.4, 0.5) is 5.82 Å². The number of hydrogen-bond donors (Lipinski definition) is 1. The van der Waals surface area contributed by atoms with E-state index in [1.807, 2.05) is 24.0 Å². The lowest BCUT2D eigenvalue weighted by Crippen LogP contribution is -2.50. The molecule has 1 spiro atoms. The highest BCUT2D eigenvalue weighted by Crippen LogP contribution is 2.57. The summed E-state index contributed by atoms with van der Waals surface area (Å²) < 4.78 is 13.2. The number of anilines is 1. The Balaban J connectivity index is 1.40. The molecule has 1 saturated heterocycles. The maximum atomic E-state index is 12.2. The molecule has 5 rings (SSSR count). The standard InChI is InChI=1S/C27H34N4O4/c1-5-24(33)30-10-7-27(8-11-30)14-19(15-27)21-6-9-28-26-20(16-32)25(29-31(21)26)18-12-22(34-3)17(2)23(13-18)35-4/h5,12-13,16,19,21,28H,1,6-11,14-15H2,2-4H3. The third kappa shape index (κ3) is 3.89. The van der Waals surface area contributed by atoms with Crippen molar-refractivity contribution in [3.63, 3.8) is 0 Å². The number of nitrogens with zero attached hydrogens (tertiary/aromatic N) is 3. The predicted octanol–water partition coefficient (Wildman–Crippen LogP) is 4.25. The van der Waals surface area contributed by atoms with Gasteiger partial charge in [-0.1, -0.05) is 6.58 Å². The molecule has 1 unspecified atom stereocenters. The Labute approximate surface area is 206 Å². The van der Waals surface area contributed by atoms with Crippen molar-refractivity contribution in [2.45, 2.75) is 45.1 Å². The number of rotatable bonds is 6. The topological polar surface area (TPSA) is 85.7 Å². The first-order valence-electron chi connectivity index (χ1n) is 12.4. The maximum Gasteiger partial charge on any atom is 0.245 e. The van der Waals surface area contributed by atoms with Crippen LogP contribution in [0.3, 0.4) is 0 Å². The van der Waals surface area contributed by atoms with Gasteiger partial charge < -0.3 is 19.7 Å². The second kappa shape index (κ2) is 9.06. The monoisotopic (exact) mass is 478 g/mol. The van der Waals surface area contributed by atoms with E-state index in [2.05, 4.69) is 16.6 Å². The number of likely N-dealkylation sites (tertiary alicyclic amines) is 1. The highest BCUT2D eigenvalue weighted by molar-refractivity contribution is 5.93. The average Bonchev–Trinajstić information content (AvgIpc) is 3.26. The van der Waals surface area contributed by atoms with Crippen molar-refractivity contribution in [1.82, 2.24) is 14.7 Å². The number of amides is 1. The van der Waals surface area contributed by atoms with Crippen LogP contribution in [-0.2, 0) is 4.79 Å². The van der Waals surface area contributed by atoms with Gasteiger partial charge in [0.15, 0.2) is 6.29 Å². The number of ether oxygens (including phenoxy) is 2. The molecule has 0 radical (unpaired) electrons. The van der Waals surface area contributed by atoms with Crippen LogP contribution < -0.4 is 14.8 Å². The summed E-state index contributed by atoms with van der Waals surface area (Å²) in [7, 11) is 3.26. The fourth-order valence-electron chi connectivity index (χ4n) is 6.37. The first kappa shape index (κ1) is 23.5. The second-order valence-electron chi connectivity index (χ2n) is 10.2. The van der Waals surface area contributed by atoms with E-state index in [0.29, 0.717) is 34.1 Å². The molecule has 1 aromatic carbocycles. The zero-order chi connectivity index (χ0) is 24.7. The predicted molar refractivity (Wildman–Crippen MR) is 134 cm³/mol. The molecular weight excluding hydrogens is 444 g/mol. The van der Waals surface area contributed by atoms with Gasteiger partial charge in [-0.05, 0) is 68.6 Å². The molecule has 1 amide bonds. The Kier molecular flexibility index (Phi) is 6.07. The molecule has 35 heavy (non-hydrogen) atoms. The number of piperidine rings is 1. The quantitative estimate of drug-likeness (QED) is 0.494. The molecular formula is C27H34N4O4. The van der Waals surface area contributed by atoms with Gasteiger partial charge in [0.1, 0.15) is 23.0 Å². The van der Waals surface area contributed by atoms with Gasteiger partial charge in [0.25, 0.3) is 0 Å². The molecule has 1 aromatic heterocycles. The van der Waals surface area contributed by atoms with E-state index < -0.39 is 0 Å². The van der Waals surface area contributed by atoms with E-state index >= 15 is 0 Å². The van der Waals surface area contributed by atoms with E-state index in [0.717, 1.165) is 75.0 Å². The lowest BCUT2D eigenvalue weighted by Gasteiger charge is -2.54. The Hall–Kier alpha value is -3.29. The number of carbonyl (C=O) groups is 2. The number of carbonyl (C=O) groups excluding carboxylic acids is 2. The summed E-state index contributed by atoms with van der Waals surface area (Å²) in [6.45, 7) is 8.01. The van der Waals surface area contributed by atoms with Crippen molar-refractivity contribution in [3.8, 4) is 22.8 Å². The number of benzene rings is 1. The molecule has 1 aliphatic carbocycles. The summed E-state index contributed by atoms with van der Waals surface area (Å²) in [5.74, 6) is 2.76. The largest absolute Gasteiger partial charge is 0.496 e. The molecule has 8 heteroatoms. The van der Waals surface area contributed by atoms with Crippen LogP contribution in [-0.4, -0.2) is 60.7 Å². The number of aromatic nitrogens is 2. The summed E-state index contributed by atoms with van der Waals surface area (Å²) in [6, 6.07) is 4.10. The fourth-order valence-corrected chi connectivity index (χ4v) is 6.37. The molecule has 0 bridgehead atoms. The van der Waals surface area contributed by atoms with Crippen molar-refractivity contribution in [2.24, 2.45) is 11.3 Å². The molecule has 1 saturated carbocycles. The van der Waals surface area contributed by atoms with Gasteiger partial charge in [-0.25, -0.2) is 4.68 Å². The van der Waals surface area contributed by atoms with Gasteiger partial charge in [0, 0.05) is 30.8 Å². The van der Waals surface area contributed by atoms with Gasteiger partial charge >= 0.3 is 0 Å². The summed E-state index contributed by atoms with van der Waals surface area (Å²) in [5, 5.41) is 8.41. The van der Waals surface area contributed by atoms with E-state index in [1.165, 1.54) is 6.08 Å². The highest BCUT2D eigenvalue weighted by Gasteiger charge is 2.50. The van der Waals surface area contributed by atoms with Gasteiger partial charge in [0.05, 0.1) is 25.8 Å². The Morgan fingerprint density at radius 1 is 1.20 bits per heavy atom. The lowest BCUT2D eigenvalue weighted by atomic mass is 9.55. The lowest BCUT2D eigenvalue weighted by molar-refractivity contribution is -0.130. The SMILES string of the molecule is C=CC(=O)N1CCC2(CC1)CC(C1CCNc3c(C=O)c(-c4cc(OC)c(C)c(OC)c4)nn31)C2. The van der Waals surface area contributed by atoms with Crippen LogP contribution >= 0.6 is 0 Å². The maximum absolute atomic E-state index is 12.2. The van der Waals surface area contributed by atoms with Crippen LogP contribution in [0, 0.1) is 18.3 Å².